The van der Waals surface area contributed by atoms with Crippen LogP contribution in [0.4, 0.5) is 4.79 Å². The smallest absolute Gasteiger partial charge is 0.355 e. The summed E-state index contributed by atoms with van der Waals surface area (Å²) in [7, 11) is 1.59. The molecule has 0 spiro atoms. The van der Waals surface area contributed by atoms with Crippen molar-refractivity contribution in [1.29, 1.82) is 0 Å². The van der Waals surface area contributed by atoms with Gasteiger partial charge in [0.05, 0.1) is 12.6 Å². The molecule has 0 saturated carbocycles. The van der Waals surface area contributed by atoms with Crippen LogP contribution >= 0.6 is 0 Å². The summed E-state index contributed by atoms with van der Waals surface area (Å²) in [4.78, 5) is 42.8. The van der Waals surface area contributed by atoms with Gasteiger partial charge in [0.1, 0.15) is 5.69 Å². The second-order valence-corrected chi connectivity index (χ2v) is 8.11. The number of hydrogen-bond acceptors (Lipinski definition) is 5. The van der Waals surface area contributed by atoms with E-state index in [2.05, 4.69) is 10.3 Å². The van der Waals surface area contributed by atoms with Crippen LogP contribution in [0.2, 0.25) is 0 Å². The number of ketones is 1. The quantitative estimate of drug-likeness (QED) is 0.370. The molecule has 1 atom stereocenters. The van der Waals surface area contributed by atoms with Gasteiger partial charge in [0.2, 0.25) is 0 Å². The normalized spacial score (nSPS) is 12.4. The largest absolute Gasteiger partial charge is 0.461 e. The van der Waals surface area contributed by atoms with Gasteiger partial charge in [0, 0.05) is 37.1 Å². The number of carbonyl (C=O) groups excluding carboxylic acids is 3. The van der Waals surface area contributed by atoms with Crippen molar-refractivity contribution in [3.05, 3.63) is 22.5 Å². The third kappa shape index (κ3) is 6.59. The number of aromatic amines is 1. The molecule has 0 fully saturated rings. The molecule has 1 rings (SSSR count). The lowest BCUT2D eigenvalue weighted by atomic mass is 9.99. The number of hydrogen-bond donors (Lipinski definition) is 2. The Balaban J connectivity index is 3.18. The third-order valence-electron chi connectivity index (χ3n) is 4.50. The number of esters is 1. The Bertz CT molecular complexity index is 733. The fourth-order valence-corrected chi connectivity index (χ4v) is 3.12. The summed E-state index contributed by atoms with van der Waals surface area (Å²) >= 11 is 0. The van der Waals surface area contributed by atoms with Gasteiger partial charge in [-0.25, -0.2) is 9.59 Å². The van der Waals surface area contributed by atoms with Gasteiger partial charge in [-0.3, -0.25) is 4.79 Å². The van der Waals surface area contributed by atoms with Crippen LogP contribution in [0.15, 0.2) is 0 Å². The van der Waals surface area contributed by atoms with E-state index in [9.17, 15) is 14.4 Å². The zero-order valence-electron chi connectivity index (χ0n) is 18.9. The van der Waals surface area contributed by atoms with Crippen LogP contribution in [0.25, 0.3) is 0 Å². The molecule has 2 N–H and O–H groups in total. The van der Waals surface area contributed by atoms with Crippen molar-refractivity contribution >= 4 is 17.8 Å². The van der Waals surface area contributed by atoms with Gasteiger partial charge in [0.15, 0.2) is 5.78 Å². The van der Waals surface area contributed by atoms with Crippen LogP contribution in [-0.2, 0) is 9.47 Å². The first-order valence-electron chi connectivity index (χ1n) is 9.92. The Labute approximate surface area is 173 Å². The average molecular weight is 410 g/mol. The Hall–Kier alpha value is -2.35. The molecule has 0 radical (unpaired) electrons. The molecule has 29 heavy (non-hydrogen) atoms. The van der Waals surface area contributed by atoms with E-state index in [1.165, 1.54) is 4.90 Å². The van der Waals surface area contributed by atoms with Crippen molar-refractivity contribution in [2.45, 2.75) is 66.5 Å². The van der Waals surface area contributed by atoms with Crippen LogP contribution < -0.4 is 5.32 Å². The minimum Gasteiger partial charge on any atom is -0.461 e. The van der Waals surface area contributed by atoms with Crippen LogP contribution in [0, 0.1) is 13.8 Å². The first-order chi connectivity index (χ1) is 13.4. The van der Waals surface area contributed by atoms with Gasteiger partial charge in [-0.1, -0.05) is 0 Å². The first kappa shape index (κ1) is 24.7. The van der Waals surface area contributed by atoms with Crippen molar-refractivity contribution < 1.29 is 23.9 Å². The van der Waals surface area contributed by atoms with Crippen molar-refractivity contribution in [2.75, 3.05) is 26.9 Å². The van der Waals surface area contributed by atoms with Crippen molar-refractivity contribution in [3.63, 3.8) is 0 Å². The average Bonchev–Trinajstić information content (AvgIpc) is 2.90. The molecule has 1 heterocycles. The number of urea groups is 1. The minimum absolute atomic E-state index is 0.228. The highest BCUT2D eigenvalue weighted by Gasteiger charge is 2.32. The predicted molar refractivity (Wildman–Crippen MR) is 111 cm³/mol. The number of ether oxygens (including phenoxy) is 2. The molecule has 8 nitrogen and oxygen atoms in total. The van der Waals surface area contributed by atoms with Crippen LogP contribution in [-0.4, -0.2) is 66.1 Å². The number of H-pyrrole nitrogens is 1. The molecule has 164 valence electrons. The lowest BCUT2D eigenvalue weighted by Crippen LogP contribution is -2.53. The number of methoxy groups -OCH3 is 1. The van der Waals surface area contributed by atoms with Gasteiger partial charge in [-0.05, 0) is 60.5 Å². The van der Waals surface area contributed by atoms with Crippen molar-refractivity contribution in [3.8, 4) is 0 Å². The second kappa shape index (κ2) is 10.4. The number of rotatable bonds is 9. The monoisotopic (exact) mass is 409 g/mol. The van der Waals surface area contributed by atoms with E-state index in [0.717, 1.165) is 0 Å². The molecule has 0 bridgehead atoms. The Morgan fingerprint density at radius 1 is 1.21 bits per heavy atom. The summed E-state index contributed by atoms with van der Waals surface area (Å²) in [5.74, 6) is -0.726. The van der Waals surface area contributed by atoms with Gasteiger partial charge in [-0.15, -0.1) is 0 Å². The van der Waals surface area contributed by atoms with Gasteiger partial charge in [0.25, 0.3) is 0 Å². The first-order valence-corrected chi connectivity index (χ1v) is 9.92. The predicted octanol–water partition coefficient (Wildman–Crippen LogP) is 3.23. The molecular formula is C21H35N3O5. The maximum Gasteiger partial charge on any atom is 0.355 e. The molecule has 1 unspecified atom stereocenters. The molecule has 2 amide bonds. The number of aromatic nitrogens is 1. The number of carbonyl (C=O) groups is 3. The lowest BCUT2D eigenvalue weighted by molar-refractivity contribution is 0.0519. The number of aryl methyl sites for hydroxylation is 1. The van der Waals surface area contributed by atoms with E-state index in [4.69, 9.17) is 9.47 Å². The maximum absolute atomic E-state index is 13.3. The van der Waals surface area contributed by atoms with Crippen LogP contribution in [0.3, 0.4) is 0 Å². The molecular weight excluding hydrogens is 374 g/mol. The maximum atomic E-state index is 13.3. The number of nitrogens with one attached hydrogen (secondary N) is 2. The van der Waals surface area contributed by atoms with Gasteiger partial charge in [-0.2, -0.15) is 0 Å². The summed E-state index contributed by atoms with van der Waals surface area (Å²) in [5.41, 5.74) is 1.36. The highest BCUT2D eigenvalue weighted by molar-refractivity contribution is 6.06. The number of amides is 2. The molecule has 1 aromatic rings. The molecule has 8 heteroatoms. The summed E-state index contributed by atoms with van der Waals surface area (Å²) < 4.78 is 10.1. The lowest BCUT2D eigenvalue weighted by Gasteiger charge is -2.32. The van der Waals surface area contributed by atoms with E-state index < -0.39 is 17.6 Å². The second-order valence-electron chi connectivity index (χ2n) is 8.11. The molecule has 0 aliphatic carbocycles. The molecule has 1 aromatic heterocycles. The standard InChI is InChI=1S/C21H35N3O5/c1-9-29-19(26)17-13(2)16(14(3)22-17)18(25)15(4)24(11-10-12-28-8)20(27)23-21(5,6)7/h15,22H,9-12H2,1-8H3,(H,23,27). The minimum atomic E-state index is -0.711. The van der Waals surface area contributed by atoms with E-state index in [1.807, 2.05) is 20.8 Å². The molecule has 0 aliphatic heterocycles. The van der Waals surface area contributed by atoms with Crippen molar-refractivity contribution in [2.24, 2.45) is 0 Å². The third-order valence-corrected chi connectivity index (χ3v) is 4.50. The van der Waals surface area contributed by atoms with Crippen LogP contribution in [0.5, 0.6) is 0 Å². The van der Waals surface area contributed by atoms with Crippen LogP contribution in [0.1, 0.15) is 73.1 Å². The highest BCUT2D eigenvalue weighted by atomic mass is 16.5. The summed E-state index contributed by atoms with van der Waals surface area (Å²) in [6.07, 6.45) is 0.602. The van der Waals surface area contributed by atoms with Crippen molar-refractivity contribution in [1.82, 2.24) is 15.2 Å². The topological polar surface area (TPSA) is 101 Å². The number of Topliss-reactive ketones (excluding diaryl/α,β-unsaturated/α-hetero) is 1. The summed E-state index contributed by atoms with van der Waals surface area (Å²) in [5, 5.41) is 2.91. The zero-order valence-corrected chi connectivity index (χ0v) is 18.9. The van der Waals surface area contributed by atoms with E-state index >= 15 is 0 Å². The van der Waals surface area contributed by atoms with Gasteiger partial charge < -0.3 is 24.7 Å². The Morgan fingerprint density at radius 2 is 1.83 bits per heavy atom. The van der Waals surface area contributed by atoms with E-state index in [0.29, 0.717) is 36.4 Å². The fraction of sp³-hybridized carbons (Fsp3) is 0.667. The summed E-state index contributed by atoms with van der Waals surface area (Å²) in [6.45, 7) is 13.6. The zero-order chi connectivity index (χ0) is 22.4. The van der Waals surface area contributed by atoms with E-state index in [1.54, 1.807) is 34.8 Å². The number of nitrogens with zero attached hydrogens (tertiary/aromatic N) is 1. The molecule has 0 aliphatic rings. The fourth-order valence-electron chi connectivity index (χ4n) is 3.12. The Morgan fingerprint density at radius 3 is 2.34 bits per heavy atom. The molecule has 0 aromatic carbocycles. The van der Waals surface area contributed by atoms with E-state index in [-0.39, 0.29) is 24.1 Å². The summed E-state index contributed by atoms with van der Waals surface area (Å²) in [6, 6.07) is -1.02. The Kier molecular flexibility index (Phi) is 8.88. The SMILES string of the molecule is CCOC(=O)c1[nH]c(C)c(C(=O)C(C)N(CCCOC)C(=O)NC(C)(C)C)c1C. The highest BCUT2D eigenvalue weighted by Crippen LogP contribution is 2.22. The molecule has 0 saturated heterocycles. The van der Waals surface area contributed by atoms with Gasteiger partial charge >= 0.3 is 12.0 Å².